The molecule has 2 aliphatic heterocycles. The number of anilines is 3. The van der Waals surface area contributed by atoms with E-state index in [-0.39, 0.29) is 5.41 Å². The van der Waals surface area contributed by atoms with Crippen molar-refractivity contribution in [1.29, 1.82) is 0 Å². The van der Waals surface area contributed by atoms with Crippen LogP contribution >= 0.6 is 12.2 Å². The van der Waals surface area contributed by atoms with Crippen LogP contribution in [-0.2, 0) is 5.41 Å². The Morgan fingerprint density at radius 1 is 0.917 bits per heavy atom. The summed E-state index contributed by atoms with van der Waals surface area (Å²) in [6.07, 6.45) is 9.99. The van der Waals surface area contributed by atoms with Crippen LogP contribution in [0.25, 0.3) is 0 Å². The van der Waals surface area contributed by atoms with E-state index in [1.807, 2.05) is 0 Å². The molecule has 1 aliphatic carbocycles. The second-order valence-electron chi connectivity index (χ2n) is 11.5. The standard InChI is InChI=1S/C29H42N6S/c1-22-17-23(2)20-35(19-22)26-18-25(34-15-9-10-16-34)31-27(32-26)33-28(36)30-21-29(13-7-4-8-14-29)24-11-5-3-6-12-24/h3,5-6,11-12,18,22-23H,4,7-10,13-17,19-21H2,1-2H3,(H2,30,31,32,33,36)/t22-,23+. The average Bonchev–Trinajstić information content (AvgIpc) is 3.43. The van der Waals surface area contributed by atoms with Crippen molar-refractivity contribution in [3.05, 3.63) is 42.0 Å². The first-order valence-electron chi connectivity index (χ1n) is 14.0. The van der Waals surface area contributed by atoms with Crippen LogP contribution in [-0.4, -0.2) is 47.8 Å². The molecule has 0 unspecified atom stereocenters. The van der Waals surface area contributed by atoms with Gasteiger partial charge in [0.05, 0.1) is 0 Å². The molecule has 2 aromatic rings. The summed E-state index contributed by atoms with van der Waals surface area (Å²) >= 11 is 5.79. The predicted octanol–water partition coefficient (Wildman–Crippen LogP) is 5.75. The van der Waals surface area contributed by atoms with Gasteiger partial charge in [0.25, 0.3) is 0 Å². The van der Waals surface area contributed by atoms with Gasteiger partial charge in [0.2, 0.25) is 5.95 Å². The Bertz CT molecular complexity index is 1010. The topological polar surface area (TPSA) is 56.3 Å². The fraction of sp³-hybridized carbons (Fsp3) is 0.621. The Balaban J connectivity index is 1.32. The van der Waals surface area contributed by atoms with E-state index < -0.39 is 0 Å². The van der Waals surface area contributed by atoms with E-state index >= 15 is 0 Å². The Labute approximate surface area is 222 Å². The minimum Gasteiger partial charge on any atom is -0.361 e. The van der Waals surface area contributed by atoms with Gasteiger partial charge in [-0.15, -0.1) is 0 Å². The number of nitrogens with zero attached hydrogens (tertiary/aromatic N) is 4. The molecule has 3 fully saturated rings. The minimum absolute atomic E-state index is 0.134. The number of rotatable bonds is 6. The highest BCUT2D eigenvalue weighted by atomic mass is 32.1. The van der Waals surface area contributed by atoms with Gasteiger partial charge >= 0.3 is 0 Å². The number of benzene rings is 1. The molecule has 3 aliphatic rings. The van der Waals surface area contributed by atoms with Crippen LogP contribution in [0.15, 0.2) is 36.4 Å². The fourth-order valence-electron chi connectivity index (χ4n) is 6.58. The summed E-state index contributed by atoms with van der Waals surface area (Å²) in [6.45, 7) is 9.73. The molecule has 36 heavy (non-hydrogen) atoms. The van der Waals surface area contributed by atoms with Crippen molar-refractivity contribution < 1.29 is 0 Å². The lowest BCUT2D eigenvalue weighted by Crippen LogP contribution is -2.43. The third-order valence-electron chi connectivity index (χ3n) is 8.33. The molecule has 2 atom stereocenters. The van der Waals surface area contributed by atoms with E-state index in [0.29, 0.717) is 22.9 Å². The van der Waals surface area contributed by atoms with Gasteiger partial charge < -0.3 is 20.4 Å². The molecule has 0 bridgehead atoms. The highest BCUT2D eigenvalue weighted by Crippen LogP contribution is 2.39. The number of hydrogen-bond donors (Lipinski definition) is 2. The van der Waals surface area contributed by atoms with Crippen molar-refractivity contribution in [3.63, 3.8) is 0 Å². The number of nitrogens with one attached hydrogen (secondary N) is 2. The summed E-state index contributed by atoms with van der Waals surface area (Å²) in [6, 6.07) is 13.2. The molecule has 194 valence electrons. The lowest BCUT2D eigenvalue weighted by molar-refractivity contribution is 0.292. The summed E-state index contributed by atoms with van der Waals surface area (Å²) in [5.74, 6) is 3.98. The molecule has 7 heteroatoms. The fourth-order valence-corrected chi connectivity index (χ4v) is 6.74. The molecular formula is C29H42N6S. The largest absolute Gasteiger partial charge is 0.361 e. The van der Waals surface area contributed by atoms with Crippen molar-refractivity contribution >= 4 is 34.9 Å². The number of thiocarbonyl (C=S) groups is 1. The zero-order valence-corrected chi connectivity index (χ0v) is 22.8. The van der Waals surface area contributed by atoms with Crippen molar-refractivity contribution in [1.82, 2.24) is 15.3 Å². The smallest absolute Gasteiger partial charge is 0.232 e. The van der Waals surface area contributed by atoms with Gasteiger partial charge in [-0.3, -0.25) is 0 Å². The zero-order chi connectivity index (χ0) is 25.0. The van der Waals surface area contributed by atoms with Crippen LogP contribution < -0.4 is 20.4 Å². The van der Waals surface area contributed by atoms with Crippen LogP contribution in [0.3, 0.4) is 0 Å². The molecule has 6 nitrogen and oxygen atoms in total. The van der Waals surface area contributed by atoms with Gasteiger partial charge in [0.1, 0.15) is 11.6 Å². The first-order valence-corrected chi connectivity index (χ1v) is 14.4. The van der Waals surface area contributed by atoms with E-state index in [4.69, 9.17) is 22.2 Å². The maximum Gasteiger partial charge on any atom is 0.232 e. The van der Waals surface area contributed by atoms with Gasteiger partial charge in [-0.2, -0.15) is 9.97 Å². The normalized spacial score (nSPS) is 23.9. The summed E-state index contributed by atoms with van der Waals surface area (Å²) in [5, 5.41) is 7.53. The molecule has 0 amide bonds. The maximum atomic E-state index is 5.79. The molecule has 5 rings (SSSR count). The highest BCUT2D eigenvalue weighted by Gasteiger charge is 2.34. The van der Waals surface area contributed by atoms with Crippen LogP contribution in [0.5, 0.6) is 0 Å². The van der Waals surface area contributed by atoms with E-state index in [0.717, 1.165) is 44.4 Å². The van der Waals surface area contributed by atoms with Crippen molar-refractivity contribution in [2.75, 3.05) is 47.8 Å². The molecule has 3 heterocycles. The Morgan fingerprint density at radius 2 is 1.56 bits per heavy atom. The first kappa shape index (κ1) is 25.2. The first-order chi connectivity index (χ1) is 17.5. The van der Waals surface area contributed by atoms with Gasteiger partial charge in [-0.1, -0.05) is 63.4 Å². The summed E-state index contributed by atoms with van der Waals surface area (Å²) in [5.41, 5.74) is 1.55. The van der Waals surface area contributed by atoms with E-state index in [1.54, 1.807) is 0 Å². The van der Waals surface area contributed by atoms with Crippen LogP contribution in [0, 0.1) is 11.8 Å². The Hall–Kier alpha value is -2.41. The van der Waals surface area contributed by atoms with Gasteiger partial charge in [0, 0.05) is 44.2 Å². The number of hydrogen-bond acceptors (Lipinski definition) is 5. The molecule has 1 saturated carbocycles. The van der Waals surface area contributed by atoms with E-state index in [9.17, 15) is 0 Å². The third-order valence-corrected chi connectivity index (χ3v) is 8.58. The molecule has 1 aromatic carbocycles. The summed E-state index contributed by atoms with van der Waals surface area (Å²) in [4.78, 5) is 14.7. The molecule has 1 aromatic heterocycles. The van der Waals surface area contributed by atoms with Crippen molar-refractivity contribution in [2.24, 2.45) is 11.8 Å². The lowest BCUT2D eigenvalue weighted by Gasteiger charge is -2.38. The molecular weight excluding hydrogens is 464 g/mol. The summed E-state index contributed by atoms with van der Waals surface area (Å²) < 4.78 is 0. The van der Waals surface area contributed by atoms with Gasteiger partial charge in [-0.25, -0.2) is 0 Å². The second-order valence-corrected chi connectivity index (χ2v) is 11.9. The average molecular weight is 507 g/mol. The molecule has 0 radical (unpaired) electrons. The second kappa shape index (κ2) is 11.3. The maximum absolute atomic E-state index is 5.79. The number of aromatic nitrogens is 2. The summed E-state index contributed by atoms with van der Waals surface area (Å²) in [7, 11) is 0. The van der Waals surface area contributed by atoms with Crippen molar-refractivity contribution in [3.8, 4) is 0 Å². The van der Waals surface area contributed by atoms with Crippen molar-refractivity contribution in [2.45, 2.75) is 70.6 Å². The Kier molecular flexibility index (Phi) is 7.94. The quantitative estimate of drug-likeness (QED) is 0.484. The van der Waals surface area contributed by atoms with Gasteiger partial charge in [0.15, 0.2) is 5.11 Å². The minimum atomic E-state index is 0.134. The molecule has 2 saturated heterocycles. The lowest BCUT2D eigenvalue weighted by atomic mass is 9.69. The molecule has 2 N–H and O–H groups in total. The SMILES string of the molecule is C[C@@H]1C[C@H](C)CN(c2cc(N3CCCC3)nc(NC(=S)NCC3(c4ccccc4)CCCCC3)n2)C1. The van der Waals surface area contributed by atoms with Crippen LogP contribution in [0.1, 0.15) is 70.8 Å². The van der Waals surface area contributed by atoms with E-state index in [2.05, 4.69) is 70.7 Å². The Morgan fingerprint density at radius 3 is 2.22 bits per heavy atom. The third kappa shape index (κ3) is 5.93. The highest BCUT2D eigenvalue weighted by molar-refractivity contribution is 7.80. The zero-order valence-electron chi connectivity index (χ0n) is 22.0. The van der Waals surface area contributed by atoms with Gasteiger partial charge in [-0.05, 0) is 61.7 Å². The predicted molar refractivity (Wildman–Crippen MR) is 154 cm³/mol. The number of piperidine rings is 1. The van der Waals surface area contributed by atoms with Crippen LogP contribution in [0.2, 0.25) is 0 Å². The van der Waals surface area contributed by atoms with E-state index in [1.165, 1.54) is 56.9 Å². The monoisotopic (exact) mass is 506 g/mol. The van der Waals surface area contributed by atoms with Crippen LogP contribution in [0.4, 0.5) is 17.6 Å². The molecule has 0 spiro atoms.